The maximum atomic E-state index is 12.7. The third-order valence-electron chi connectivity index (χ3n) is 4.27. The molecule has 130 valence electrons. The molecule has 3 rings (SSSR count). The quantitative estimate of drug-likeness (QED) is 0.484. The molecule has 2 aromatic rings. The zero-order valence-electron chi connectivity index (χ0n) is 14.0. The molecule has 1 aromatic carbocycles. The van der Waals surface area contributed by atoms with E-state index in [1.165, 1.54) is 11.3 Å². The van der Waals surface area contributed by atoms with Crippen LogP contribution in [0.4, 0.5) is 0 Å². The highest BCUT2D eigenvalue weighted by Gasteiger charge is 2.46. The summed E-state index contributed by atoms with van der Waals surface area (Å²) < 4.78 is 0. The molecule has 1 saturated heterocycles. The molecular weight excluding hydrogens is 358 g/mol. The van der Waals surface area contributed by atoms with Gasteiger partial charge in [-0.1, -0.05) is 18.5 Å². The van der Waals surface area contributed by atoms with Crippen molar-refractivity contribution in [3.63, 3.8) is 0 Å². The van der Waals surface area contributed by atoms with Crippen molar-refractivity contribution in [2.45, 2.75) is 26.3 Å². The zero-order valence-corrected chi connectivity index (χ0v) is 15.5. The van der Waals surface area contributed by atoms with E-state index in [9.17, 15) is 14.7 Å². The average Bonchev–Trinajstić information content (AvgIpc) is 3.11. The SMILES string of the molecule is CCCN1C(=O)C(=O)/C(=C(\O)c2ccc(Cl)cc2)C1c1sccc1C. The Morgan fingerprint density at radius 2 is 1.92 bits per heavy atom. The maximum Gasteiger partial charge on any atom is 0.295 e. The van der Waals surface area contributed by atoms with Gasteiger partial charge in [0.25, 0.3) is 11.7 Å². The molecule has 1 amide bonds. The van der Waals surface area contributed by atoms with Crippen LogP contribution in [0, 0.1) is 6.92 Å². The molecule has 0 bridgehead atoms. The Morgan fingerprint density at radius 1 is 1.24 bits per heavy atom. The Bertz CT molecular complexity index is 854. The molecule has 1 atom stereocenters. The Hall–Kier alpha value is -2.11. The predicted octanol–water partition coefficient (Wildman–Crippen LogP) is 4.54. The van der Waals surface area contributed by atoms with Crippen LogP contribution in [-0.2, 0) is 9.59 Å². The molecule has 25 heavy (non-hydrogen) atoms. The number of amides is 1. The third-order valence-corrected chi connectivity index (χ3v) is 5.60. The highest BCUT2D eigenvalue weighted by molar-refractivity contribution is 7.10. The smallest absolute Gasteiger partial charge is 0.295 e. The van der Waals surface area contributed by atoms with Gasteiger partial charge in [0.15, 0.2) is 0 Å². The second-order valence-electron chi connectivity index (χ2n) is 5.97. The van der Waals surface area contributed by atoms with E-state index in [1.807, 2.05) is 25.3 Å². The number of carbonyl (C=O) groups excluding carboxylic acids is 2. The fraction of sp³-hybridized carbons (Fsp3) is 0.263. The Labute approximate surface area is 155 Å². The van der Waals surface area contributed by atoms with Gasteiger partial charge in [0.05, 0.1) is 11.6 Å². The number of hydrogen-bond donors (Lipinski definition) is 1. The number of halogens is 1. The molecule has 0 aliphatic carbocycles. The van der Waals surface area contributed by atoms with Crippen molar-refractivity contribution in [3.8, 4) is 0 Å². The van der Waals surface area contributed by atoms with Crippen LogP contribution < -0.4 is 0 Å². The van der Waals surface area contributed by atoms with E-state index in [2.05, 4.69) is 0 Å². The van der Waals surface area contributed by atoms with Crippen LogP contribution in [0.3, 0.4) is 0 Å². The number of benzene rings is 1. The third kappa shape index (κ3) is 3.10. The van der Waals surface area contributed by atoms with E-state index in [4.69, 9.17) is 11.6 Å². The van der Waals surface area contributed by atoms with E-state index in [-0.39, 0.29) is 11.3 Å². The molecule has 1 unspecified atom stereocenters. The summed E-state index contributed by atoms with van der Waals surface area (Å²) in [5, 5.41) is 13.3. The lowest BCUT2D eigenvalue weighted by Crippen LogP contribution is -2.30. The first-order valence-corrected chi connectivity index (χ1v) is 9.29. The first-order valence-electron chi connectivity index (χ1n) is 8.04. The van der Waals surface area contributed by atoms with Gasteiger partial charge >= 0.3 is 0 Å². The summed E-state index contributed by atoms with van der Waals surface area (Å²) in [7, 11) is 0. The highest BCUT2D eigenvalue weighted by Crippen LogP contribution is 2.42. The van der Waals surface area contributed by atoms with Crippen LogP contribution in [-0.4, -0.2) is 28.2 Å². The van der Waals surface area contributed by atoms with Gasteiger partial charge in [-0.05, 0) is 54.6 Å². The lowest BCUT2D eigenvalue weighted by atomic mass is 9.98. The van der Waals surface area contributed by atoms with E-state index in [0.29, 0.717) is 17.1 Å². The zero-order chi connectivity index (χ0) is 18.1. The molecule has 4 nitrogen and oxygen atoms in total. The van der Waals surface area contributed by atoms with Crippen LogP contribution in [0.1, 0.15) is 35.4 Å². The van der Waals surface area contributed by atoms with Crippen LogP contribution in [0.25, 0.3) is 5.76 Å². The number of thiophene rings is 1. The van der Waals surface area contributed by atoms with Crippen molar-refractivity contribution in [1.82, 2.24) is 4.90 Å². The first kappa shape index (κ1) is 17.7. The van der Waals surface area contributed by atoms with Crippen molar-refractivity contribution in [3.05, 3.63) is 62.3 Å². The minimum atomic E-state index is -0.640. The van der Waals surface area contributed by atoms with Crippen molar-refractivity contribution in [2.24, 2.45) is 0 Å². The summed E-state index contributed by atoms with van der Waals surface area (Å²) in [5.74, 6) is -1.36. The summed E-state index contributed by atoms with van der Waals surface area (Å²) in [6.07, 6.45) is 0.731. The molecule has 1 aliphatic heterocycles. The second kappa shape index (κ2) is 7.02. The fourth-order valence-electron chi connectivity index (χ4n) is 3.05. The van der Waals surface area contributed by atoms with Gasteiger partial charge in [-0.25, -0.2) is 0 Å². The summed E-state index contributed by atoms with van der Waals surface area (Å²) in [4.78, 5) is 27.6. The van der Waals surface area contributed by atoms with Crippen LogP contribution in [0.5, 0.6) is 0 Å². The van der Waals surface area contributed by atoms with Gasteiger partial charge in [0.1, 0.15) is 5.76 Å². The number of aliphatic hydroxyl groups is 1. The predicted molar refractivity (Wildman–Crippen MR) is 99.8 cm³/mol. The molecule has 0 radical (unpaired) electrons. The van der Waals surface area contributed by atoms with Crippen LogP contribution in [0.2, 0.25) is 5.02 Å². The number of rotatable bonds is 4. The monoisotopic (exact) mass is 375 g/mol. The van der Waals surface area contributed by atoms with Crippen molar-refractivity contribution in [2.75, 3.05) is 6.54 Å². The molecule has 0 spiro atoms. The molecule has 1 N–H and O–H groups in total. The minimum Gasteiger partial charge on any atom is -0.507 e. The molecule has 2 heterocycles. The number of hydrogen-bond acceptors (Lipinski definition) is 4. The minimum absolute atomic E-state index is 0.145. The van der Waals surface area contributed by atoms with Crippen molar-refractivity contribution in [1.29, 1.82) is 0 Å². The van der Waals surface area contributed by atoms with Gasteiger partial charge in [-0.2, -0.15) is 0 Å². The van der Waals surface area contributed by atoms with Gasteiger partial charge in [-0.15, -0.1) is 11.3 Å². The summed E-state index contributed by atoms with van der Waals surface area (Å²) in [6.45, 7) is 4.36. The first-order chi connectivity index (χ1) is 12.0. The number of likely N-dealkylation sites (tertiary alicyclic amines) is 1. The van der Waals surface area contributed by atoms with Crippen molar-refractivity contribution >= 4 is 40.4 Å². The van der Waals surface area contributed by atoms with Gasteiger partial charge in [0.2, 0.25) is 0 Å². The maximum absolute atomic E-state index is 12.7. The largest absolute Gasteiger partial charge is 0.507 e. The number of carbonyl (C=O) groups is 2. The van der Waals surface area contributed by atoms with E-state index in [0.717, 1.165) is 16.9 Å². The Morgan fingerprint density at radius 3 is 2.48 bits per heavy atom. The van der Waals surface area contributed by atoms with Gasteiger partial charge in [-0.3, -0.25) is 9.59 Å². The lowest BCUT2D eigenvalue weighted by molar-refractivity contribution is -0.139. The van der Waals surface area contributed by atoms with Gasteiger partial charge < -0.3 is 10.0 Å². The highest BCUT2D eigenvalue weighted by atomic mass is 35.5. The molecule has 1 aliphatic rings. The number of Topliss-reactive ketones (excluding diaryl/α,β-unsaturated/α-hetero) is 1. The molecule has 1 aromatic heterocycles. The molecule has 1 fully saturated rings. The standard InChI is InChI=1S/C19H18ClNO3S/c1-3-9-21-15(18-11(2)8-10-25-18)14(17(23)19(21)24)16(22)12-4-6-13(20)7-5-12/h4-8,10,15,22H,3,9H2,1-2H3/b16-14-. The number of nitrogens with zero attached hydrogens (tertiary/aromatic N) is 1. The number of aryl methyl sites for hydroxylation is 1. The van der Waals surface area contributed by atoms with E-state index in [1.54, 1.807) is 29.2 Å². The van der Waals surface area contributed by atoms with Crippen LogP contribution in [0.15, 0.2) is 41.3 Å². The van der Waals surface area contributed by atoms with Crippen LogP contribution >= 0.6 is 22.9 Å². The Balaban J connectivity index is 2.19. The van der Waals surface area contributed by atoms with Crippen molar-refractivity contribution < 1.29 is 14.7 Å². The normalized spacial score (nSPS) is 19.6. The summed E-state index contributed by atoms with van der Waals surface area (Å²) in [5.41, 5.74) is 1.62. The topological polar surface area (TPSA) is 57.6 Å². The number of aliphatic hydroxyl groups excluding tert-OH is 1. The summed E-state index contributed by atoms with van der Waals surface area (Å²) >= 11 is 7.38. The van der Waals surface area contributed by atoms with E-state index < -0.39 is 17.7 Å². The number of ketones is 1. The molecule has 0 saturated carbocycles. The molecular formula is C19H18ClNO3S. The van der Waals surface area contributed by atoms with Gasteiger partial charge in [0, 0.05) is 22.0 Å². The average molecular weight is 376 g/mol. The summed E-state index contributed by atoms with van der Waals surface area (Å²) in [6, 6.07) is 7.98. The lowest BCUT2D eigenvalue weighted by Gasteiger charge is -2.24. The molecule has 6 heteroatoms. The van der Waals surface area contributed by atoms with E-state index >= 15 is 0 Å². The fourth-order valence-corrected chi connectivity index (χ4v) is 4.22. The second-order valence-corrected chi connectivity index (χ2v) is 7.35. The Kier molecular flexibility index (Phi) is 4.97.